The summed E-state index contributed by atoms with van der Waals surface area (Å²) in [5.74, 6) is -0.245. The molecule has 0 saturated carbocycles. The van der Waals surface area contributed by atoms with E-state index in [2.05, 4.69) is 4.40 Å². The predicted octanol–water partition coefficient (Wildman–Crippen LogP) is 1.99. The van der Waals surface area contributed by atoms with E-state index >= 15 is 0 Å². The van der Waals surface area contributed by atoms with E-state index in [-0.39, 0.29) is 24.1 Å². The Morgan fingerprint density at radius 3 is 1.94 bits per heavy atom. The maximum Gasteiger partial charge on any atom is 0.256 e. The van der Waals surface area contributed by atoms with Gasteiger partial charge in [-0.25, -0.2) is 8.42 Å². The van der Waals surface area contributed by atoms with Crippen LogP contribution in [0.4, 0.5) is 0 Å². The lowest BCUT2D eigenvalue weighted by Gasteiger charge is -2.37. The smallest absolute Gasteiger partial charge is 0.256 e. The number of sulfonamides is 1. The van der Waals surface area contributed by atoms with Crippen LogP contribution in [-0.2, 0) is 19.6 Å². The van der Waals surface area contributed by atoms with E-state index in [1.165, 1.54) is 0 Å². The van der Waals surface area contributed by atoms with Crippen LogP contribution in [0, 0.1) is 0 Å². The number of carbonyl (C=O) groups excluding carboxylic acids is 2. The third kappa shape index (κ3) is 4.90. The van der Waals surface area contributed by atoms with Crippen LogP contribution in [0.1, 0.15) is 17.0 Å². The Morgan fingerprint density at radius 2 is 1.34 bits per heavy atom. The highest BCUT2D eigenvalue weighted by atomic mass is 32.2. The standard InChI is InChI=1S/C26H26N4O4S/c31-25(22-11-12-23-27-35(33,34)18-17-30(23)19-22)28-13-15-29(16-14-28)26(32)24(20-7-3-1-4-8-20)21-9-5-2-6-10-21/h1-12,19,24H,13-18H2. The molecule has 0 unspecified atom stereocenters. The zero-order chi connectivity index (χ0) is 24.4. The summed E-state index contributed by atoms with van der Waals surface area (Å²) in [6.45, 7) is 2.03. The van der Waals surface area contributed by atoms with E-state index in [0.717, 1.165) is 11.1 Å². The average molecular weight is 491 g/mol. The monoisotopic (exact) mass is 490 g/mol. The lowest BCUT2D eigenvalue weighted by atomic mass is 9.90. The minimum absolute atomic E-state index is 0.0293. The molecule has 0 aliphatic carbocycles. The highest BCUT2D eigenvalue weighted by molar-refractivity contribution is 7.90. The van der Waals surface area contributed by atoms with Crippen molar-refractivity contribution in [1.82, 2.24) is 14.7 Å². The van der Waals surface area contributed by atoms with Crippen molar-refractivity contribution in [1.29, 1.82) is 0 Å². The molecule has 2 aromatic carbocycles. The minimum Gasteiger partial charge on any atom is -0.338 e. The first kappa shape index (κ1) is 23.0. The molecule has 3 aliphatic heterocycles. The summed E-state index contributed by atoms with van der Waals surface area (Å²) >= 11 is 0. The van der Waals surface area contributed by atoms with Crippen LogP contribution in [0.25, 0.3) is 0 Å². The van der Waals surface area contributed by atoms with Gasteiger partial charge < -0.3 is 14.7 Å². The molecule has 1 fully saturated rings. The van der Waals surface area contributed by atoms with Gasteiger partial charge in [-0.2, -0.15) is 0 Å². The molecule has 0 atom stereocenters. The molecule has 3 aliphatic rings. The van der Waals surface area contributed by atoms with Crippen LogP contribution in [0.15, 0.2) is 89.0 Å². The zero-order valence-electron chi connectivity index (χ0n) is 19.2. The number of carbonyl (C=O) groups is 2. The first-order valence-corrected chi connectivity index (χ1v) is 13.2. The maximum atomic E-state index is 13.6. The molecule has 180 valence electrons. The van der Waals surface area contributed by atoms with E-state index in [1.807, 2.05) is 65.6 Å². The van der Waals surface area contributed by atoms with Gasteiger partial charge in [0.05, 0.1) is 17.2 Å². The fourth-order valence-electron chi connectivity index (χ4n) is 4.59. The van der Waals surface area contributed by atoms with Crippen molar-refractivity contribution < 1.29 is 18.0 Å². The molecule has 2 amide bonds. The van der Waals surface area contributed by atoms with E-state index in [4.69, 9.17) is 0 Å². The SMILES string of the molecule is O=C(C1=CN2CCS(=O)(=O)N=C2C=C1)N1CCN(C(=O)C(c2ccccc2)c2ccccc2)CC1. The number of amidine groups is 1. The number of fused-ring (bicyclic) bond motifs is 1. The van der Waals surface area contributed by atoms with Crippen LogP contribution >= 0.6 is 0 Å². The summed E-state index contributed by atoms with van der Waals surface area (Å²) in [6, 6.07) is 19.5. The third-order valence-electron chi connectivity index (χ3n) is 6.46. The van der Waals surface area contributed by atoms with Gasteiger partial charge in [0.25, 0.3) is 15.9 Å². The summed E-state index contributed by atoms with van der Waals surface area (Å²) in [4.78, 5) is 32.0. The number of benzene rings is 2. The number of nitrogens with zero attached hydrogens (tertiary/aromatic N) is 4. The van der Waals surface area contributed by atoms with Gasteiger partial charge in [0.2, 0.25) is 5.91 Å². The molecule has 0 bridgehead atoms. The molecule has 9 heteroatoms. The predicted molar refractivity (Wildman–Crippen MR) is 133 cm³/mol. The van der Waals surface area contributed by atoms with Crippen molar-refractivity contribution >= 4 is 27.7 Å². The molecule has 2 aromatic rings. The number of amides is 2. The second kappa shape index (κ2) is 9.50. The maximum absolute atomic E-state index is 13.6. The Kier molecular flexibility index (Phi) is 6.25. The van der Waals surface area contributed by atoms with Crippen LogP contribution in [-0.4, -0.2) is 79.2 Å². The molecule has 0 radical (unpaired) electrons. The minimum atomic E-state index is -3.44. The summed E-state index contributed by atoms with van der Waals surface area (Å²) in [7, 11) is -3.44. The van der Waals surface area contributed by atoms with Gasteiger partial charge in [-0.05, 0) is 23.3 Å². The molecule has 0 spiro atoms. The quantitative estimate of drug-likeness (QED) is 0.654. The molecule has 0 N–H and O–H groups in total. The van der Waals surface area contributed by atoms with Gasteiger partial charge >= 0.3 is 0 Å². The molecule has 3 heterocycles. The van der Waals surface area contributed by atoms with E-state index in [9.17, 15) is 18.0 Å². The number of hydrogen-bond acceptors (Lipinski definition) is 5. The number of rotatable bonds is 4. The van der Waals surface area contributed by atoms with Crippen molar-refractivity contribution in [3.8, 4) is 0 Å². The van der Waals surface area contributed by atoms with Crippen molar-refractivity contribution in [2.45, 2.75) is 5.92 Å². The van der Waals surface area contributed by atoms with Gasteiger partial charge in [-0.3, -0.25) is 9.59 Å². The first-order valence-electron chi connectivity index (χ1n) is 11.6. The lowest BCUT2D eigenvalue weighted by molar-refractivity contribution is -0.138. The fraction of sp³-hybridized carbons (Fsp3) is 0.269. The molecule has 5 rings (SSSR count). The Bertz CT molecular complexity index is 1270. The molecular weight excluding hydrogens is 464 g/mol. The molecular formula is C26H26N4O4S. The van der Waals surface area contributed by atoms with Crippen molar-refractivity contribution in [2.75, 3.05) is 38.5 Å². The highest BCUT2D eigenvalue weighted by Gasteiger charge is 2.32. The average Bonchev–Trinajstić information content (AvgIpc) is 2.89. The zero-order valence-corrected chi connectivity index (χ0v) is 20.0. The van der Waals surface area contributed by atoms with Crippen LogP contribution in [0.3, 0.4) is 0 Å². The van der Waals surface area contributed by atoms with Crippen molar-refractivity contribution in [3.05, 3.63) is 95.7 Å². The van der Waals surface area contributed by atoms with Crippen molar-refractivity contribution in [3.63, 3.8) is 0 Å². The molecule has 8 nitrogen and oxygen atoms in total. The second-order valence-electron chi connectivity index (χ2n) is 8.72. The van der Waals surface area contributed by atoms with Crippen molar-refractivity contribution in [2.24, 2.45) is 4.40 Å². The van der Waals surface area contributed by atoms with Gasteiger partial charge in [-0.1, -0.05) is 60.7 Å². The van der Waals surface area contributed by atoms with Gasteiger partial charge in [0.15, 0.2) is 0 Å². The van der Waals surface area contributed by atoms with Gasteiger partial charge in [-0.15, -0.1) is 4.40 Å². The number of piperazine rings is 1. The van der Waals surface area contributed by atoms with Gasteiger partial charge in [0, 0.05) is 38.9 Å². The van der Waals surface area contributed by atoms with Crippen LogP contribution in [0.5, 0.6) is 0 Å². The third-order valence-corrected chi connectivity index (χ3v) is 7.63. The summed E-state index contributed by atoms with van der Waals surface area (Å²) in [6.07, 6.45) is 4.83. The summed E-state index contributed by atoms with van der Waals surface area (Å²) in [5, 5.41) is 0. The Labute approximate surface area is 204 Å². The Hall–Kier alpha value is -3.72. The van der Waals surface area contributed by atoms with Crippen LogP contribution in [0.2, 0.25) is 0 Å². The summed E-state index contributed by atoms with van der Waals surface area (Å²) in [5.41, 5.74) is 2.37. The molecule has 1 saturated heterocycles. The van der Waals surface area contributed by atoms with E-state index < -0.39 is 15.9 Å². The second-order valence-corrected chi connectivity index (χ2v) is 10.5. The Morgan fingerprint density at radius 1 is 0.771 bits per heavy atom. The molecule has 0 aromatic heterocycles. The Balaban J connectivity index is 1.27. The fourth-order valence-corrected chi connectivity index (χ4v) is 5.56. The molecule has 35 heavy (non-hydrogen) atoms. The lowest BCUT2D eigenvalue weighted by Crippen LogP contribution is -2.52. The highest BCUT2D eigenvalue weighted by Crippen LogP contribution is 2.27. The largest absolute Gasteiger partial charge is 0.338 e. The van der Waals surface area contributed by atoms with E-state index in [1.54, 1.807) is 28.2 Å². The normalized spacial score (nSPS) is 19.2. The first-order chi connectivity index (χ1) is 16.9. The van der Waals surface area contributed by atoms with Crippen LogP contribution < -0.4 is 0 Å². The topological polar surface area (TPSA) is 90.4 Å². The number of hydrogen-bond donors (Lipinski definition) is 0. The van der Waals surface area contributed by atoms with Gasteiger partial charge in [0.1, 0.15) is 5.84 Å². The summed E-state index contributed by atoms with van der Waals surface area (Å²) < 4.78 is 27.2. The van der Waals surface area contributed by atoms with E-state index in [0.29, 0.717) is 37.6 Å².